The van der Waals surface area contributed by atoms with E-state index in [9.17, 15) is 0 Å². The molecule has 1 aliphatic rings. The number of hydrogen-bond acceptors (Lipinski definition) is 3. The third-order valence-electron chi connectivity index (χ3n) is 3.36. The highest BCUT2D eigenvalue weighted by Crippen LogP contribution is 2.44. The zero-order valence-electron chi connectivity index (χ0n) is 10.6. The summed E-state index contributed by atoms with van der Waals surface area (Å²) >= 11 is 0. The van der Waals surface area contributed by atoms with Crippen LogP contribution < -0.4 is 5.73 Å². The molecule has 0 atom stereocenters. The fourth-order valence-corrected chi connectivity index (χ4v) is 2.02. The zero-order chi connectivity index (χ0) is 12.3. The van der Waals surface area contributed by atoms with Crippen LogP contribution in [0.1, 0.15) is 45.0 Å². The maximum absolute atomic E-state index is 6.27. The van der Waals surface area contributed by atoms with Crippen LogP contribution in [0.2, 0.25) is 0 Å². The largest absolute Gasteiger partial charge is 0.321 e. The van der Waals surface area contributed by atoms with E-state index in [1.54, 1.807) is 0 Å². The van der Waals surface area contributed by atoms with Crippen LogP contribution in [0, 0.1) is 0 Å². The summed E-state index contributed by atoms with van der Waals surface area (Å²) in [5, 5.41) is 4.54. The lowest BCUT2D eigenvalue weighted by atomic mass is 9.96. The van der Waals surface area contributed by atoms with E-state index in [4.69, 9.17) is 5.73 Å². The van der Waals surface area contributed by atoms with Gasteiger partial charge in [-0.25, -0.2) is 9.50 Å². The van der Waals surface area contributed by atoms with E-state index in [-0.39, 0.29) is 11.0 Å². The van der Waals surface area contributed by atoms with Crippen LogP contribution in [0.4, 0.5) is 0 Å². The minimum Gasteiger partial charge on any atom is -0.321 e. The normalized spacial score (nSPS) is 18.6. The second kappa shape index (κ2) is 3.07. The molecule has 0 aromatic carbocycles. The molecule has 0 aliphatic heterocycles. The third kappa shape index (κ3) is 1.63. The molecule has 2 aromatic heterocycles. The summed E-state index contributed by atoms with van der Waals surface area (Å²) in [6.07, 6.45) is 4.03. The van der Waals surface area contributed by atoms with Crippen molar-refractivity contribution in [3.63, 3.8) is 0 Å². The molecular formula is C13H18N4. The highest BCUT2D eigenvalue weighted by atomic mass is 15.3. The fourth-order valence-electron chi connectivity index (χ4n) is 2.02. The average molecular weight is 230 g/mol. The minimum absolute atomic E-state index is 0.0331. The third-order valence-corrected chi connectivity index (χ3v) is 3.36. The molecule has 0 radical (unpaired) electrons. The van der Waals surface area contributed by atoms with E-state index >= 15 is 0 Å². The standard InChI is InChI=1S/C13H18N4/c1-12(2,3)11-15-10-9(13(14)6-7-13)5-4-8-17(10)16-11/h4-5,8H,6-7,14H2,1-3H3. The lowest BCUT2D eigenvalue weighted by Crippen LogP contribution is -2.19. The molecule has 2 N–H and O–H groups in total. The van der Waals surface area contributed by atoms with E-state index in [1.807, 2.05) is 16.8 Å². The molecule has 2 heterocycles. The highest BCUT2D eigenvalue weighted by Gasteiger charge is 2.42. The van der Waals surface area contributed by atoms with Crippen LogP contribution in [0.15, 0.2) is 18.3 Å². The SMILES string of the molecule is CC(C)(C)c1nc2c(C3(N)CC3)cccn2n1. The Morgan fingerprint density at radius 1 is 1.35 bits per heavy atom. The Balaban J connectivity index is 2.22. The monoisotopic (exact) mass is 230 g/mol. The van der Waals surface area contributed by atoms with Gasteiger partial charge >= 0.3 is 0 Å². The van der Waals surface area contributed by atoms with Gasteiger partial charge in [-0.1, -0.05) is 26.8 Å². The van der Waals surface area contributed by atoms with Crippen molar-refractivity contribution in [3.8, 4) is 0 Å². The molecule has 17 heavy (non-hydrogen) atoms. The van der Waals surface area contributed by atoms with Gasteiger partial charge in [0.1, 0.15) is 0 Å². The van der Waals surface area contributed by atoms with E-state index in [1.165, 1.54) is 0 Å². The molecule has 4 nitrogen and oxygen atoms in total. The van der Waals surface area contributed by atoms with Crippen molar-refractivity contribution in [2.24, 2.45) is 5.73 Å². The first kappa shape index (κ1) is 10.7. The molecule has 90 valence electrons. The molecule has 4 heteroatoms. The Kier molecular flexibility index (Phi) is 1.94. The van der Waals surface area contributed by atoms with Gasteiger partial charge in [0.05, 0.1) is 0 Å². The first-order valence-electron chi connectivity index (χ1n) is 6.05. The number of nitrogens with zero attached hydrogens (tertiary/aromatic N) is 3. The van der Waals surface area contributed by atoms with Crippen LogP contribution in [-0.4, -0.2) is 14.6 Å². The van der Waals surface area contributed by atoms with Gasteiger partial charge in [-0.2, -0.15) is 5.10 Å². The number of aromatic nitrogens is 3. The van der Waals surface area contributed by atoms with Crippen molar-refractivity contribution in [2.45, 2.75) is 44.6 Å². The lowest BCUT2D eigenvalue weighted by molar-refractivity contribution is 0.545. The van der Waals surface area contributed by atoms with E-state index in [0.29, 0.717) is 0 Å². The van der Waals surface area contributed by atoms with E-state index < -0.39 is 0 Å². The molecule has 0 saturated heterocycles. The summed E-state index contributed by atoms with van der Waals surface area (Å²) in [5.74, 6) is 0.870. The first-order valence-corrected chi connectivity index (χ1v) is 6.05. The Labute approximate surface area is 101 Å². The van der Waals surface area contributed by atoms with Crippen molar-refractivity contribution in [3.05, 3.63) is 29.7 Å². The maximum Gasteiger partial charge on any atom is 0.160 e. The van der Waals surface area contributed by atoms with Crippen LogP contribution in [0.5, 0.6) is 0 Å². The van der Waals surface area contributed by atoms with E-state index in [0.717, 1.165) is 29.9 Å². The van der Waals surface area contributed by atoms with Crippen molar-refractivity contribution in [2.75, 3.05) is 0 Å². The number of hydrogen-bond donors (Lipinski definition) is 1. The van der Waals surface area contributed by atoms with Gasteiger partial charge < -0.3 is 5.73 Å². The van der Waals surface area contributed by atoms with Crippen LogP contribution in [0.3, 0.4) is 0 Å². The molecule has 2 aromatic rings. The summed E-state index contributed by atoms with van der Waals surface area (Å²) in [5.41, 5.74) is 8.12. The molecule has 0 spiro atoms. The number of nitrogens with two attached hydrogens (primary N) is 1. The van der Waals surface area contributed by atoms with Crippen molar-refractivity contribution < 1.29 is 0 Å². The minimum atomic E-state index is -0.162. The fraction of sp³-hybridized carbons (Fsp3) is 0.538. The van der Waals surface area contributed by atoms with Gasteiger partial charge in [0, 0.05) is 22.7 Å². The predicted octanol–water partition coefficient (Wildman–Crippen LogP) is 1.97. The zero-order valence-corrected chi connectivity index (χ0v) is 10.6. The van der Waals surface area contributed by atoms with Crippen molar-refractivity contribution >= 4 is 5.65 Å². The van der Waals surface area contributed by atoms with Crippen LogP contribution in [0.25, 0.3) is 5.65 Å². The lowest BCUT2D eigenvalue weighted by Gasteiger charge is -2.12. The second-order valence-corrected chi connectivity index (χ2v) is 6.03. The predicted molar refractivity (Wildman–Crippen MR) is 66.8 cm³/mol. The smallest absolute Gasteiger partial charge is 0.160 e. The van der Waals surface area contributed by atoms with Crippen LogP contribution >= 0.6 is 0 Å². The highest BCUT2D eigenvalue weighted by molar-refractivity contribution is 5.53. The first-order chi connectivity index (χ1) is 7.90. The maximum atomic E-state index is 6.27. The molecule has 3 rings (SSSR count). The molecule has 0 bridgehead atoms. The second-order valence-electron chi connectivity index (χ2n) is 6.03. The van der Waals surface area contributed by atoms with Crippen LogP contribution in [-0.2, 0) is 11.0 Å². The molecule has 0 unspecified atom stereocenters. The number of rotatable bonds is 1. The van der Waals surface area contributed by atoms with Gasteiger partial charge in [-0.3, -0.25) is 0 Å². The number of fused-ring (bicyclic) bond motifs is 1. The summed E-state index contributed by atoms with van der Waals surface area (Å²) in [4.78, 5) is 4.66. The quantitative estimate of drug-likeness (QED) is 0.815. The molecule has 1 saturated carbocycles. The summed E-state index contributed by atoms with van der Waals surface area (Å²) in [6, 6.07) is 4.07. The van der Waals surface area contributed by atoms with Gasteiger partial charge in [0.2, 0.25) is 0 Å². The Morgan fingerprint density at radius 2 is 2.06 bits per heavy atom. The molecule has 0 amide bonds. The summed E-state index contributed by atoms with van der Waals surface area (Å²) in [7, 11) is 0. The Hall–Kier alpha value is -1.42. The Morgan fingerprint density at radius 3 is 2.65 bits per heavy atom. The topological polar surface area (TPSA) is 56.2 Å². The van der Waals surface area contributed by atoms with Gasteiger partial charge in [-0.05, 0) is 18.9 Å². The van der Waals surface area contributed by atoms with Crippen molar-refractivity contribution in [1.29, 1.82) is 0 Å². The van der Waals surface area contributed by atoms with E-state index in [2.05, 4.69) is 36.9 Å². The molecule has 1 aliphatic carbocycles. The average Bonchev–Trinajstić information content (AvgIpc) is 2.83. The Bertz CT molecular complexity index is 573. The summed E-state index contributed by atoms with van der Waals surface area (Å²) < 4.78 is 1.85. The molecule has 1 fully saturated rings. The van der Waals surface area contributed by atoms with Gasteiger partial charge in [0.15, 0.2) is 11.5 Å². The van der Waals surface area contributed by atoms with Gasteiger partial charge in [-0.15, -0.1) is 0 Å². The number of pyridine rings is 1. The van der Waals surface area contributed by atoms with Crippen molar-refractivity contribution in [1.82, 2.24) is 14.6 Å². The molecular weight excluding hydrogens is 212 g/mol. The van der Waals surface area contributed by atoms with Gasteiger partial charge in [0.25, 0.3) is 0 Å². The summed E-state index contributed by atoms with van der Waals surface area (Å²) in [6.45, 7) is 6.37.